The van der Waals surface area contributed by atoms with Gasteiger partial charge in [-0.15, -0.1) is 5.10 Å². The molecule has 0 saturated heterocycles. The van der Waals surface area contributed by atoms with E-state index in [1.54, 1.807) is 12.4 Å². The summed E-state index contributed by atoms with van der Waals surface area (Å²) < 4.78 is 15.4. The molecule has 0 radical (unpaired) electrons. The summed E-state index contributed by atoms with van der Waals surface area (Å²) in [5.41, 5.74) is 2.34. The number of hydrogen-bond donors (Lipinski definition) is 2. The molecule has 0 bridgehead atoms. The molecule has 0 fully saturated rings. The molecule has 0 saturated carbocycles. The molecule has 3 rings (SSSR count). The van der Waals surface area contributed by atoms with E-state index in [0.29, 0.717) is 28.8 Å². The van der Waals surface area contributed by atoms with Crippen molar-refractivity contribution in [3.63, 3.8) is 0 Å². The normalized spacial score (nSPS) is 11.0. The monoisotopic (exact) mass is 286 g/mol. The van der Waals surface area contributed by atoms with Gasteiger partial charge in [0, 0.05) is 17.6 Å². The zero-order valence-electron chi connectivity index (χ0n) is 11.2. The van der Waals surface area contributed by atoms with Crippen molar-refractivity contribution in [3.05, 3.63) is 36.5 Å². The number of benzene rings is 1. The van der Waals surface area contributed by atoms with Crippen LogP contribution in [-0.2, 0) is 6.54 Å². The van der Waals surface area contributed by atoms with Crippen LogP contribution in [0.3, 0.4) is 0 Å². The Balaban J connectivity index is 2.21. The van der Waals surface area contributed by atoms with Crippen LogP contribution in [0.4, 0.5) is 4.39 Å². The van der Waals surface area contributed by atoms with Crippen LogP contribution in [0.25, 0.3) is 22.3 Å². The van der Waals surface area contributed by atoms with E-state index < -0.39 is 12.9 Å². The van der Waals surface area contributed by atoms with Gasteiger partial charge in [-0.1, -0.05) is 12.1 Å². The predicted octanol–water partition coefficient (Wildman–Crippen LogP) is 0.332. The Hall–Kier alpha value is -2.32. The van der Waals surface area contributed by atoms with Gasteiger partial charge in [-0.25, -0.2) is 9.37 Å². The quantitative estimate of drug-likeness (QED) is 0.678. The highest BCUT2D eigenvalue weighted by Crippen LogP contribution is 2.25. The van der Waals surface area contributed by atoms with Gasteiger partial charge in [0.2, 0.25) is 0 Å². The summed E-state index contributed by atoms with van der Waals surface area (Å²) in [6, 6.07) is 4.11. The molecule has 21 heavy (non-hydrogen) atoms. The Kier molecular flexibility index (Phi) is 3.40. The molecule has 3 aromatic rings. The average molecular weight is 286 g/mol. The van der Waals surface area contributed by atoms with Gasteiger partial charge in [-0.05, 0) is 18.6 Å². The molecule has 1 aromatic carbocycles. The summed E-state index contributed by atoms with van der Waals surface area (Å²) >= 11 is 0. The van der Waals surface area contributed by atoms with E-state index in [9.17, 15) is 14.4 Å². The lowest BCUT2D eigenvalue weighted by molar-refractivity contribution is 0.423. The smallest absolute Gasteiger partial charge is 0.423 e. The highest BCUT2D eigenvalue weighted by Gasteiger charge is 2.19. The third-order valence-corrected chi connectivity index (χ3v) is 3.33. The summed E-state index contributed by atoms with van der Waals surface area (Å²) in [6.07, 6.45) is 3.18. The first-order valence-corrected chi connectivity index (χ1v) is 6.44. The van der Waals surface area contributed by atoms with Crippen LogP contribution in [0.1, 0.15) is 6.92 Å². The lowest BCUT2D eigenvalue weighted by atomic mass is 9.78. The molecular formula is C13H12BFN4O2. The highest BCUT2D eigenvalue weighted by atomic mass is 19.1. The number of halogens is 1. The lowest BCUT2D eigenvalue weighted by Crippen LogP contribution is -2.32. The molecular weight excluding hydrogens is 274 g/mol. The van der Waals surface area contributed by atoms with Crippen molar-refractivity contribution in [1.29, 1.82) is 0 Å². The molecule has 0 aliphatic rings. The topological polar surface area (TPSA) is 84.1 Å². The summed E-state index contributed by atoms with van der Waals surface area (Å²) in [5.74, 6) is -0.675. The fourth-order valence-electron chi connectivity index (χ4n) is 2.22. The van der Waals surface area contributed by atoms with E-state index in [-0.39, 0.29) is 5.46 Å². The number of nitrogens with zero attached hydrogens (tertiary/aromatic N) is 4. The van der Waals surface area contributed by atoms with Gasteiger partial charge in [0.25, 0.3) is 0 Å². The third kappa shape index (κ3) is 2.28. The molecule has 106 valence electrons. The fourth-order valence-corrected chi connectivity index (χ4v) is 2.22. The number of fused-ring (bicyclic) bond motifs is 1. The second kappa shape index (κ2) is 5.23. The van der Waals surface area contributed by atoms with E-state index >= 15 is 0 Å². The van der Waals surface area contributed by atoms with Gasteiger partial charge in [0.1, 0.15) is 11.3 Å². The summed E-state index contributed by atoms with van der Waals surface area (Å²) in [7, 11) is -1.87. The Morgan fingerprint density at radius 1 is 1.33 bits per heavy atom. The van der Waals surface area contributed by atoms with Crippen molar-refractivity contribution in [2.75, 3.05) is 0 Å². The molecule has 0 amide bonds. The first kappa shape index (κ1) is 13.7. The van der Waals surface area contributed by atoms with Crippen molar-refractivity contribution in [2.45, 2.75) is 13.5 Å². The van der Waals surface area contributed by atoms with Gasteiger partial charge in [0.05, 0.1) is 12.5 Å². The molecule has 2 N–H and O–H groups in total. The Morgan fingerprint density at radius 2 is 2.14 bits per heavy atom. The predicted molar refractivity (Wildman–Crippen MR) is 76.2 cm³/mol. The first-order chi connectivity index (χ1) is 10.1. The van der Waals surface area contributed by atoms with Crippen LogP contribution in [0, 0.1) is 5.82 Å². The van der Waals surface area contributed by atoms with Crippen molar-refractivity contribution in [3.8, 4) is 11.1 Å². The van der Waals surface area contributed by atoms with Crippen molar-refractivity contribution >= 4 is 23.7 Å². The van der Waals surface area contributed by atoms with Crippen molar-refractivity contribution in [1.82, 2.24) is 19.7 Å². The minimum Gasteiger partial charge on any atom is -0.423 e. The Morgan fingerprint density at radius 3 is 2.86 bits per heavy atom. The molecule has 0 atom stereocenters. The molecule has 0 unspecified atom stereocenters. The van der Waals surface area contributed by atoms with Crippen LogP contribution >= 0.6 is 0 Å². The number of rotatable bonds is 3. The highest BCUT2D eigenvalue weighted by molar-refractivity contribution is 6.58. The molecule has 0 spiro atoms. The fraction of sp³-hybridized carbons (Fsp3) is 0.154. The maximum Gasteiger partial charge on any atom is 0.491 e. The summed E-state index contributed by atoms with van der Waals surface area (Å²) in [6.45, 7) is 2.67. The van der Waals surface area contributed by atoms with Gasteiger partial charge in [-0.2, -0.15) is 5.10 Å². The molecule has 0 aliphatic carbocycles. The van der Waals surface area contributed by atoms with Gasteiger partial charge in [-0.3, -0.25) is 0 Å². The molecule has 2 heterocycles. The number of imidazole rings is 1. The van der Waals surface area contributed by atoms with E-state index in [1.165, 1.54) is 18.3 Å². The van der Waals surface area contributed by atoms with Crippen LogP contribution in [0.15, 0.2) is 30.7 Å². The van der Waals surface area contributed by atoms with E-state index in [4.69, 9.17) is 0 Å². The average Bonchev–Trinajstić information content (AvgIpc) is 2.90. The maximum absolute atomic E-state index is 13.5. The minimum atomic E-state index is -1.87. The second-order valence-electron chi connectivity index (χ2n) is 4.57. The second-order valence-corrected chi connectivity index (χ2v) is 4.57. The summed E-state index contributed by atoms with van der Waals surface area (Å²) in [5, 5.41) is 26.4. The van der Waals surface area contributed by atoms with E-state index in [2.05, 4.69) is 15.2 Å². The van der Waals surface area contributed by atoms with Crippen molar-refractivity contribution < 1.29 is 14.4 Å². The molecule has 8 heteroatoms. The van der Waals surface area contributed by atoms with E-state index in [0.717, 1.165) is 0 Å². The first-order valence-electron chi connectivity index (χ1n) is 6.44. The number of aromatic nitrogens is 4. The number of hydrogen-bond acceptors (Lipinski definition) is 5. The Bertz CT molecular complexity index is 806. The number of aryl methyl sites for hydroxylation is 1. The van der Waals surface area contributed by atoms with Crippen LogP contribution < -0.4 is 5.46 Å². The van der Waals surface area contributed by atoms with Gasteiger partial charge < -0.3 is 14.6 Å². The third-order valence-electron chi connectivity index (χ3n) is 3.33. The minimum absolute atomic E-state index is 0.188. The zero-order chi connectivity index (χ0) is 15.0. The SMILES string of the molecule is CCn1cnc2c(-c3ccc(F)c(B(O)O)c3)cnnc21. The molecule has 2 aromatic heterocycles. The molecule has 0 aliphatic heterocycles. The summed E-state index contributed by atoms with van der Waals surface area (Å²) in [4.78, 5) is 4.30. The maximum atomic E-state index is 13.5. The van der Waals surface area contributed by atoms with Crippen LogP contribution in [0.5, 0.6) is 0 Å². The van der Waals surface area contributed by atoms with Crippen LogP contribution in [-0.4, -0.2) is 36.9 Å². The van der Waals surface area contributed by atoms with Crippen LogP contribution in [0.2, 0.25) is 0 Å². The largest absolute Gasteiger partial charge is 0.491 e. The standard InChI is InChI=1S/C13H12BFN4O2/c1-2-19-7-16-12-9(6-17-18-13(12)19)8-3-4-11(15)10(5-8)14(20)21/h3-7,20-21H,2H2,1H3. The zero-order valence-corrected chi connectivity index (χ0v) is 11.2. The van der Waals surface area contributed by atoms with Gasteiger partial charge in [0.15, 0.2) is 5.65 Å². The lowest BCUT2D eigenvalue weighted by Gasteiger charge is -2.06. The Labute approximate surface area is 120 Å². The van der Waals surface area contributed by atoms with E-state index in [1.807, 2.05) is 11.5 Å². The van der Waals surface area contributed by atoms with Gasteiger partial charge >= 0.3 is 7.12 Å². The van der Waals surface area contributed by atoms with Crippen molar-refractivity contribution in [2.24, 2.45) is 0 Å². The molecule has 6 nitrogen and oxygen atoms in total.